The maximum absolute atomic E-state index is 15.7. The molecular formula is C34H33F5N4O3. The maximum Gasteiger partial charge on any atom is 0.417 e. The first kappa shape index (κ1) is 32.8. The number of carbonyl (C=O) groups excluding carboxylic acids is 3. The number of anilines is 2. The Hall–Kier alpha value is -4.58. The molecule has 1 N–H and O–H groups in total. The number of likely N-dealkylation sites (tertiary alicyclic amines) is 1. The summed E-state index contributed by atoms with van der Waals surface area (Å²) in [5.74, 6) is -5.48. The van der Waals surface area contributed by atoms with Crippen molar-refractivity contribution in [2.45, 2.75) is 37.4 Å². The van der Waals surface area contributed by atoms with Crippen LogP contribution in [0.4, 0.5) is 33.3 Å². The smallest absolute Gasteiger partial charge is 0.339 e. The van der Waals surface area contributed by atoms with Gasteiger partial charge in [-0.1, -0.05) is 30.3 Å². The number of amides is 3. The molecular weight excluding hydrogens is 607 g/mol. The highest BCUT2D eigenvalue weighted by Gasteiger charge is 2.42. The second kappa shape index (κ2) is 13.0. The molecule has 0 atom stereocenters. The zero-order valence-corrected chi connectivity index (χ0v) is 25.3. The summed E-state index contributed by atoms with van der Waals surface area (Å²) >= 11 is 0. The van der Waals surface area contributed by atoms with Gasteiger partial charge in [-0.2, -0.15) is 13.2 Å². The minimum absolute atomic E-state index is 0.0714. The standard InChI is InChI=1S/C34H33F5N4O3/c1-41(2)24-15-18-42(19-16-24)30(44)21-28-25-7-4-6-10-29(25)43(20-17-33(28,35)36)32(46)22-11-13-23(14-12-22)40-31(45)26-8-3-5-9-27(26)34(37,38)39/h3-14,21,24H,15-20H2,1-2H3,(H,40,45). The molecule has 7 nitrogen and oxygen atoms in total. The molecule has 2 aliphatic heterocycles. The summed E-state index contributed by atoms with van der Waals surface area (Å²) in [6.07, 6.45) is -2.98. The number of halogens is 5. The highest BCUT2D eigenvalue weighted by atomic mass is 19.4. The van der Waals surface area contributed by atoms with Crippen molar-refractivity contribution in [1.82, 2.24) is 9.80 Å². The van der Waals surface area contributed by atoms with Crippen LogP contribution in [0.15, 0.2) is 78.9 Å². The molecule has 1 fully saturated rings. The van der Waals surface area contributed by atoms with Crippen LogP contribution >= 0.6 is 0 Å². The van der Waals surface area contributed by atoms with Crippen LogP contribution in [0.25, 0.3) is 5.57 Å². The van der Waals surface area contributed by atoms with Crippen molar-refractivity contribution in [3.63, 3.8) is 0 Å². The van der Waals surface area contributed by atoms with Gasteiger partial charge in [-0.05, 0) is 69.4 Å². The lowest BCUT2D eigenvalue weighted by Crippen LogP contribution is -2.44. The van der Waals surface area contributed by atoms with Crippen molar-refractivity contribution >= 4 is 34.7 Å². The molecule has 0 bridgehead atoms. The highest BCUT2D eigenvalue weighted by Crippen LogP contribution is 2.43. The van der Waals surface area contributed by atoms with Gasteiger partial charge in [0.05, 0.1) is 16.8 Å². The van der Waals surface area contributed by atoms with Crippen molar-refractivity contribution in [2.75, 3.05) is 43.9 Å². The minimum Gasteiger partial charge on any atom is -0.339 e. The molecule has 1 saturated heterocycles. The summed E-state index contributed by atoms with van der Waals surface area (Å²) in [7, 11) is 3.93. The zero-order valence-electron chi connectivity index (χ0n) is 25.3. The van der Waals surface area contributed by atoms with Gasteiger partial charge in [0.1, 0.15) is 0 Å². The fourth-order valence-corrected chi connectivity index (χ4v) is 5.83. The fraction of sp³-hybridized carbons (Fsp3) is 0.324. The van der Waals surface area contributed by atoms with Crippen LogP contribution < -0.4 is 10.2 Å². The Morgan fingerprint density at radius 3 is 2.17 bits per heavy atom. The van der Waals surface area contributed by atoms with E-state index in [9.17, 15) is 27.6 Å². The van der Waals surface area contributed by atoms with Crippen LogP contribution in [0.2, 0.25) is 0 Å². The number of para-hydroxylation sites is 1. The van der Waals surface area contributed by atoms with Gasteiger partial charge >= 0.3 is 6.18 Å². The molecule has 3 aromatic carbocycles. The van der Waals surface area contributed by atoms with Gasteiger partial charge in [0.2, 0.25) is 5.91 Å². The Labute approximate surface area is 263 Å². The lowest BCUT2D eigenvalue weighted by molar-refractivity contribution is -0.138. The topological polar surface area (TPSA) is 73.0 Å². The third-order valence-electron chi connectivity index (χ3n) is 8.41. The van der Waals surface area contributed by atoms with Gasteiger partial charge in [-0.15, -0.1) is 0 Å². The number of carbonyl (C=O) groups is 3. The van der Waals surface area contributed by atoms with E-state index < -0.39 is 52.9 Å². The molecule has 0 saturated carbocycles. The van der Waals surface area contributed by atoms with E-state index in [2.05, 4.69) is 10.2 Å². The monoisotopic (exact) mass is 640 g/mol. The number of fused-ring (bicyclic) bond motifs is 1. The predicted octanol–water partition coefficient (Wildman–Crippen LogP) is 6.58. The molecule has 0 aromatic heterocycles. The number of piperidine rings is 1. The Morgan fingerprint density at radius 1 is 0.891 bits per heavy atom. The number of benzene rings is 3. The first-order valence-electron chi connectivity index (χ1n) is 14.8. The summed E-state index contributed by atoms with van der Waals surface area (Å²) in [5, 5.41) is 2.40. The van der Waals surface area contributed by atoms with E-state index in [1.54, 1.807) is 23.1 Å². The SMILES string of the molecule is CN(C)C1CCN(C(=O)C=C2c3ccccc3N(C(=O)c3ccc(NC(=O)c4ccccc4C(F)(F)F)cc3)CCC2(F)F)CC1. The van der Waals surface area contributed by atoms with E-state index in [1.165, 1.54) is 47.4 Å². The molecule has 0 aliphatic carbocycles. The van der Waals surface area contributed by atoms with Crippen molar-refractivity contribution in [3.05, 3.63) is 101 Å². The Kier molecular flexibility index (Phi) is 9.29. The van der Waals surface area contributed by atoms with Crippen molar-refractivity contribution in [1.29, 1.82) is 0 Å². The first-order valence-corrected chi connectivity index (χ1v) is 14.8. The molecule has 2 aliphatic rings. The number of nitrogens with one attached hydrogen (secondary N) is 1. The van der Waals surface area contributed by atoms with Gasteiger partial charge in [0.25, 0.3) is 17.7 Å². The second-order valence-electron chi connectivity index (χ2n) is 11.6. The van der Waals surface area contributed by atoms with Crippen molar-refractivity contribution < 1.29 is 36.3 Å². The summed E-state index contributed by atoms with van der Waals surface area (Å²) in [5.41, 5.74) is -1.55. The van der Waals surface area contributed by atoms with E-state index in [0.717, 1.165) is 31.1 Å². The first-order chi connectivity index (χ1) is 21.8. The van der Waals surface area contributed by atoms with Gasteiger partial charge in [0, 0.05) is 60.6 Å². The van der Waals surface area contributed by atoms with E-state index in [1.807, 2.05) is 14.1 Å². The number of nitrogens with zero attached hydrogens (tertiary/aromatic N) is 3. The van der Waals surface area contributed by atoms with Crippen molar-refractivity contribution in [2.24, 2.45) is 0 Å². The van der Waals surface area contributed by atoms with Crippen LogP contribution in [0.3, 0.4) is 0 Å². The lowest BCUT2D eigenvalue weighted by atomic mass is 9.96. The molecule has 0 unspecified atom stereocenters. The number of rotatable bonds is 5. The third kappa shape index (κ3) is 6.96. The molecule has 2 heterocycles. The van der Waals surface area contributed by atoms with E-state index >= 15 is 8.78 Å². The normalized spacial score (nSPS) is 17.9. The highest BCUT2D eigenvalue weighted by molar-refractivity contribution is 6.10. The van der Waals surface area contributed by atoms with E-state index in [0.29, 0.717) is 19.1 Å². The van der Waals surface area contributed by atoms with Gasteiger partial charge in [-0.25, -0.2) is 8.78 Å². The van der Waals surface area contributed by atoms with Crippen LogP contribution in [0, 0.1) is 0 Å². The largest absolute Gasteiger partial charge is 0.417 e. The lowest BCUT2D eigenvalue weighted by Gasteiger charge is -2.35. The fourth-order valence-electron chi connectivity index (χ4n) is 5.83. The molecule has 3 amide bonds. The minimum atomic E-state index is -4.73. The molecule has 46 heavy (non-hydrogen) atoms. The summed E-state index contributed by atoms with van der Waals surface area (Å²) in [4.78, 5) is 44.4. The van der Waals surface area contributed by atoms with Gasteiger partial charge in [0.15, 0.2) is 0 Å². The Morgan fingerprint density at radius 2 is 1.52 bits per heavy atom. The predicted molar refractivity (Wildman–Crippen MR) is 165 cm³/mol. The summed E-state index contributed by atoms with van der Waals surface area (Å²) in [6.45, 7) is 0.568. The quantitative estimate of drug-likeness (QED) is 0.253. The van der Waals surface area contributed by atoms with E-state index in [-0.39, 0.29) is 29.0 Å². The molecule has 0 radical (unpaired) electrons. The van der Waals surface area contributed by atoms with Crippen molar-refractivity contribution in [3.8, 4) is 0 Å². The van der Waals surface area contributed by atoms with Crippen LogP contribution in [-0.2, 0) is 11.0 Å². The average molecular weight is 641 g/mol. The maximum atomic E-state index is 15.7. The zero-order chi connectivity index (χ0) is 33.2. The Bertz CT molecular complexity index is 1640. The van der Waals surface area contributed by atoms with Gasteiger partial charge in [-0.3, -0.25) is 14.4 Å². The molecule has 12 heteroatoms. The Balaban J connectivity index is 1.37. The molecule has 0 spiro atoms. The number of allylic oxidation sites excluding steroid dienone is 1. The summed E-state index contributed by atoms with van der Waals surface area (Å²) in [6, 6.07) is 16.3. The van der Waals surface area contributed by atoms with Gasteiger partial charge < -0.3 is 20.0 Å². The van der Waals surface area contributed by atoms with E-state index in [4.69, 9.17) is 0 Å². The number of alkyl halides is 5. The van der Waals surface area contributed by atoms with Crippen LogP contribution in [0.5, 0.6) is 0 Å². The molecule has 242 valence electrons. The third-order valence-corrected chi connectivity index (χ3v) is 8.41. The van der Waals surface area contributed by atoms with Crippen LogP contribution in [0.1, 0.15) is 51.1 Å². The number of hydrogen-bond acceptors (Lipinski definition) is 4. The molecule has 3 aromatic rings. The molecule has 5 rings (SSSR count). The number of hydrogen-bond donors (Lipinski definition) is 1. The average Bonchev–Trinajstić information content (AvgIpc) is 3.14. The summed E-state index contributed by atoms with van der Waals surface area (Å²) < 4.78 is 71.4. The van der Waals surface area contributed by atoms with Crippen LogP contribution in [-0.4, -0.2) is 73.2 Å². The second-order valence-corrected chi connectivity index (χ2v) is 11.6.